The molecule has 1 aliphatic carbocycles. The van der Waals surface area contributed by atoms with Gasteiger partial charge >= 0.3 is 0 Å². The number of rotatable bonds is 5. The van der Waals surface area contributed by atoms with E-state index in [2.05, 4.69) is 18.3 Å². The summed E-state index contributed by atoms with van der Waals surface area (Å²) in [4.78, 5) is 13.8. The minimum atomic E-state index is -0.359. The van der Waals surface area contributed by atoms with Crippen molar-refractivity contribution in [3.05, 3.63) is 24.3 Å². The highest BCUT2D eigenvalue weighted by atomic mass is 32.2. The second-order valence-electron chi connectivity index (χ2n) is 5.43. The third kappa shape index (κ3) is 3.36. The molecule has 0 atom stereocenters. The second-order valence-corrected chi connectivity index (χ2v) is 6.73. The van der Waals surface area contributed by atoms with Crippen LogP contribution in [-0.2, 0) is 4.79 Å². The molecule has 1 amide bonds. The maximum absolute atomic E-state index is 12.7. The van der Waals surface area contributed by atoms with Crippen molar-refractivity contribution in [2.45, 2.75) is 43.9 Å². The van der Waals surface area contributed by atoms with Crippen LogP contribution in [0.1, 0.15) is 39.0 Å². The van der Waals surface area contributed by atoms with Crippen LogP contribution in [0.2, 0.25) is 0 Å². The van der Waals surface area contributed by atoms with Gasteiger partial charge in [0.1, 0.15) is 0 Å². The molecular formula is C16H24N2OS. The zero-order valence-electron chi connectivity index (χ0n) is 12.2. The molecule has 1 aliphatic rings. The Morgan fingerprint density at radius 3 is 2.65 bits per heavy atom. The van der Waals surface area contributed by atoms with Gasteiger partial charge in [-0.15, -0.1) is 11.8 Å². The Morgan fingerprint density at radius 2 is 2.00 bits per heavy atom. The van der Waals surface area contributed by atoms with E-state index in [0.717, 1.165) is 42.0 Å². The zero-order chi connectivity index (χ0) is 14.4. The number of amides is 1. The number of nitrogens with one attached hydrogen (secondary N) is 1. The number of carbonyl (C=O) groups is 1. The third-order valence-corrected chi connectivity index (χ3v) is 5.07. The molecule has 110 valence electrons. The van der Waals surface area contributed by atoms with Gasteiger partial charge in [-0.25, -0.2) is 0 Å². The van der Waals surface area contributed by atoms with Crippen LogP contribution in [0, 0.1) is 5.41 Å². The second kappa shape index (κ2) is 7.14. The lowest BCUT2D eigenvalue weighted by molar-refractivity contribution is -0.126. The van der Waals surface area contributed by atoms with Gasteiger partial charge in [-0.1, -0.05) is 38.3 Å². The smallest absolute Gasteiger partial charge is 0.231 e. The minimum Gasteiger partial charge on any atom is -0.329 e. The molecule has 0 bridgehead atoms. The monoisotopic (exact) mass is 292 g/mol. The van der Waals surface area contributed by atoms with E-state index < -0.39 is 0 Å². The number of anilines is 1. The maximum Gasteiger partial charge on any atom is 0.231 e. The predicted octanol–water partition coefficient (Wildman–Crippen LogP) is 3.65. The molecule has 1 aromatic carbocycles. The fourth-order valence-electron chi connectivity index (χ4n) is 2.86. The van der Waals surface area contributed by atoms with E-state index in [4.69, 9.17) is 5.73 Å². The average Bonchev–Trinajstić information content (AvgIpc) is 2.50. The molecule has 3 nitrogen and oxygen atoms in total. The lowest BCUT2D eigenvalue weighted by atomic mass is 9.73. The highest BCUT2D eigenvalue weighted by Crippen LogP contribution is 2.37. The fraction of sp³-hybridized carbons (Fsp3) is 0.562. The molecule has 0 saturated heterocycles. The van der Waals surface area contributed by atoms with Crippen LogP contribution in [0.3, 0.4) is 0 Å². The molecular weight excluding hydrogens is 268 g/mol. The molecule has 3 N–H and O–H groups in total. The fourth-order valence-corrected chi connectivity index (χ4v) is 3.62. The van der Waals surface area contributed by atoms with Crippen LogP contribution >= 0.6 is 11.8 Å². The lowest BCUT2D eigenvalue weighted by Crippen LogP contribution is -2.43. The van der Waals surface area contributed by atoms with Crippen molar-refractivity contribution in [3.63, 3.8) is 0 Å². The first kappa shape index (κ1) is 15.4. The number of benzene rings is 1. The molecule has 1 aromatic rings. The van der Waals surface area contributed by atoms with E-state index in [1.165, 1.54) is 6.42 Å². The van der Waals surface area contributed by atoms with Gasteiger partial charge < -0.3 is 11.1 Å². The Labute approximate surface area is 125 Å². The van der Waals surface area contributed by atoms with E-state index in [1.54, 1.807) is 11.8 Å². The van der Waals surface area contributed by atoms with Gasteiger partial charge in [0, 0.05) is 11.4 Å². The van der Waals surface area contributed by atoms with Crippen molar-refractivity contribution in [2.24, 2.45) is 11.1 Å². The van der Waals surface area contributed by atoms with Gasteiger partial charge in [0.2, 0.25) is 5.91 Å². The maximum atomic E-state index is 12.7. The topological polar surface area (TPSA) is 55.1 Å². The Kier molecular flexibility index (Phi) is 5.49. The van der Waals surface area contributed by atoms with Crippen LogP contribution in [0.5, 0.6) is 0 Å². The normalized spacial score (nSPS) is 17.7. The summed E-state index contributed by atoms with van der Waals surface area (Å²) in [7, 11) is 0. The molecule has 0 radical (unpaired) electrons. The summed E-state index contributed by atoms with van der Waals surface area (Å²) in [6, 6.07) is 8.00. The van der Waals surface area contributed by atoms with Crippen LogP contribution in [0.4, 0.5) is 5.69 Å². The van der Waals surface area contributed by atoms with E-state index >= 15 is 0 Å². The van der Waals surface area contributed by atoms with E-state index in [0.29, 0.717) is 6.54 Å². The van der Waals surface area contributed by atoms with Gasteiger partial charge in [-0.05, 0) is 30.7 Å². The van der Waals surface area contributed by atoms with E-state index in [-0.39, 0.29) is 11.3 Å². The molecule has 2 rings (SSSR count). The molecule has 1 fully saturated rings. The highest BCUT2D eigenvalue weighted by Gasteiger charge is 2.38. The van der Waals surface area contributed by atoms with Crippen molar-refractivity contribution in [1.82, 2.24) is 0 Å². The molecule has 20 heavy (non-hydrogen) atoms. The standard InChI is InChI=1S/C16H24N2OS/c1-2-20-14-9-5-4-8-13(14)18-15(19)16(12-17)10-6-3-7-11-16/h4-5,8-9H,2-3,6-7,10-12,17H2,1H3,(H,18,19). The Hall–Kier alpha value is -1.00. The molecule has 4 heteroatoms. The van der Waals surface area contributed by atoms with Gasteiger partial charge in [0.25, 0.3) is 0 Å². The van der Waals surface area contributed by atoms with Crippen LogP contribution in [-0.4, -0.2) is 18.2 Å². The SMILES string of the molecule is CCSc1ccccc1NC(=O)C1(CN)CCCCC1. The summed E-state index contributed by atoms with van der Waals surface area (Å²) in [5.74, 6) is 1.10. The van der Waals surface area contributed by atoms with Gasteiger partial charge in [0.15, 0.2) is 0 Å². The number of nitrogens with two attached hydrogens (primary N) is 1. The molecule has 0 heterocycles. The summed E-state index contributed by atoms with van der Waals surface area (Å²) in [5, 5.41) is 3.12. The van der Waals surface area contributed by atoms with Crippen molar-refractivity contribution >= 4 is 23.4 Å². The molecule has 0 aliphatic heterocycles. The van der Waals surface area contributed by atoms with Crippen molar-refractivity contribution < 1.29 is 4.79 Å². The van der Waals surface area contributed by atoms with Crippen LogP contribution in [0.25, 0.3) is 0 Å². The molecule has 0 unspecified atom stereocenters. The summed E-state index contributed by atoms with van der Waals surface area (Å²) < 4.78 is 0. The summed E-state index contributed by atoms with van der Waals surface area (Å²) in [5.41, 5.74) is 6.48. The summed E-state index contributed by atoms with van der Waals surface area (Å²) in [6.45, 7) is 2.56. The molecule has 1 saturated carbocycles. The minimum absolute atomic E-state index is 0.101. The predicted molar refractivity (Wildman–Crippen MR) is 86.0 cm³/mol. The first-order valence-electron chi connectivity index (χ1n) is 7.45. The van der Waals surface area contributed by atoms with Crippen LogP contribution < -0.4 is 11.1 Å². The first-order valence-corrected chi connectivity index (χ1v) is 8.44. The highest BCUT2D eigenvalue weighted by molar-refractivity contribution is 7.99. The number of carbonyl (C=O) groups excluding carboxylic acids is 1. The van der Waals surface area contributed by atoms with Crippen molar-refractivity contribution in [3.8, 4) is 0 Å². The van der Waals surface area contributed by atoms with Crippen molar-refractivity contribution in [1.29, 1.82) is 0 Å². The number of thioether (sulfide) groups is 1. The van der Waals surface area contributed by atoms with Gasteiger partial charge in [-0.2, -0.15) is 0 Å². The van der Waals surface area contributed by atoms with Crippen molar-refractivity contribution in [2.75, 3.05) is 17.6 Å². The average molecular weight is 292 g/mol. The summed E-state index contributed by atoms with van der Waals surface area (Å²) >= 11 is 1.75. The quantitative estimate of drug-likeness (QED) is 0.815. The Morgan fingerprint density at radius 1 is 1.30 bits per heavy atom. The Balaban J connectivity index is 2.14. The number of para-hydroxylation sites is 1. The number of hydrogen-bond acceptors (Lipinski definition) is 3. The van der Waals surface area contributed by atoms with Gasteiger partial charge in [0.05, 0.1) is 11.1 Å². The first-order chi connectivity index (χ1) is 9.72. The number of hydrogen-bond donors (Lipinski definition) is 2. The third-order valence-electron chi connectivity index (χ3n) is 4.12. The van der Waals surface area contributed by atoms with E-state index in [1.807, 2.05) is 18.2 Å². The molecule has 0 aromatic heterocycles. The lowest BCUT2D eigenvalue weighted by Gasteiger charge is -2.34. The zero-order valence-corrected chi connectivity index (χ0v) is 13.0. The van der Waals surface area contributed by atoms with Gasteiger partial charge in [-0.3, -0.25) is 4.79 Å². The van der Waals surface area contributed by atoms with Crippen LogP contribution in [0.15, 0.2) is 29.2 Å². The summed E-state index contributed by atoms with van der Waals surface area (Å²) in [6.07, 6.45) is 5.26. The van der Waals surface area contributed by atoms with E-state index in [9.17, 15) is 4.79 Å². The largest absolute Gasteiger partial charge is 0.329 e. The molecule has 0 spiro atoms. The Bertz CT molecular complexity index is 456.